The Morgan fingerprint density at radius 3 is 2.35 bits per heavy atom. The molecule has 1 aromatic rings. The van der Waals surface area contributed by atoms with E-state index in [1.165, 1.54) is 6.42 Å². The molecule has 128 valence electrons. The highest BCUT2D eigenvalue weighted by Crippen LogP contribution is 2.36. The first-order valence-electron chi connectivity index (χ1n) is 8.44. The van der Waals surface area contributed by atoms with Gasteiger partial charge in [0.05, 0.1) is 16.8 Å². The summed E-state index contributed by atoms with van der Waals surface area (Å²) in [7, 11) is 3.55. The lowest BCUT2D eigenvalue weighted by atomic mass is 9.86. The van der Waals surface area contributed by atoms with Crippen LogP contribution in [0.2, 0.25) is 0 Å². The number of ether oxygens (including phenoxy) is 1. The van der Waals surface area contributed by atoms with Crippen molar-refractivity contribution in [2.24, 2.45) is 0 Å². The lowest BCUT2D eigenvalue weighted by Gasteiger charge is -2.32. The maximum atomic E-state index is 6.13. The fraction of sp³-hybridized carbons (Fsp3) is 0.812. The first-order valence-corrected chi connectivity index (χ1v) is 8.44. The third kappa shape index (κ3) is 3.02. The van der Waals surface area contributed by atoms with Gasteiger partial charge >= 0.3 is 7.12 Å². The summed E-state index contributed by atoms with van der Waals surface area (Å²) in [5.41, 5.74) is 0.0869. The molecule has 2 saturated heterocycles. The average molecular weight is 321 g/mol. The molecule has 0 aliphatic carbocycles. The van der Waals surface area contributed by atoms with Crippen LogP contribution in [0.4, 0.5) is 5.95 Å². The molecule has 3 rings (SSSR count). The Morgan fingerprint density at radius 1 is 1.17 bits per heavy atom. The van der Waals surface area contributed by atoms with E-state index in [9.17, 15) is 0 Å². The van der Waals surface area contributed by atoms with E-state index in [1.807, 2.05) is 25.2 Å². The van der Waals surface area contributed by atoms with Crippen LogP contribution in [0, 0.1) is 0 Å². The number of anilines is 1. The first-order chi connectivity index (χ1) is 10.7. The summed E-state index contributed by atoms with van der Waals surface area (Å²) in [6, 6.07) is 0. The Kier molecular flexibility index (Phi) is 4.23. The molecule has 0 spiro atoms. The smallest absolute Gasteiger partial charge is 0.398 e. The van der Waals surface area contributed by atoms with Crippen molar-refractivity contribution in [3.8, 4) is 0 Å². The molecule has 2 aliphatic rings. The summed E-state index contributed by atoms with van der Waals surface area (Å²) in [6.07, 6.45) is 5.39. The number of hydrogen-bond donors (Lipinski definition) is 0. The maximum absolute atomic E-state index is 6.13. The van der Waals surface area contributed by atoms with Crippen LogP contribution in [0.15, 0.2) is 6.20 Å². The summed E-state index contributed by atoms with van der Waals surface area (Å²) in [5, 5.41) is 0. The number of imidazole rings is 1. The summed E-state index contributed by atoms with van der Waals surface area (Å²) in [5.74, 6) is 0.876. The largest absolute Gasteiger partial charge is 0.516 e. The van der Waals surface area contributed by atoms with E-state index < -0.39 is 7.12 Å². The molecule has 3 heterocycles. The van der Waals surface area contributed by atoms with Gasteiger partial charge in [-0.15, -0.1) is 0 Å². The van der Waals surface area contributed by atoms with E-state index in [4.69, 9.17) is 19.0 Å². The van der Waals surface area contributed by atoms with E-state index in [2.05, 4.69) is 32.3 Å². The third-order valence-electron chi connectivity index (χ3n) is 5.09. The van der Waals surface area contributed by atoms with E-state index in [0.29, 0.717) is 0 Å². The fourth-order valence-corrected chi connectivity index (χ4v) is 2.97. The molecule has 0 amide bonds. The SMILES string of the molecule is CN(C)c1nc(B2OC(C)(C)C(C)(C)O2)cn1C1CCCCO1. The van der Waals surface area contributed by atoms with E-state index in [1.54, 1.807) is 0 Å². The summed E-state index contributed by atoms with van der Waals surface area (Å²) in [4.78, 5) is 6.76. The van der Waals surface area contributed by atoms with Crippen LogP contribution in [-0.4, -0.2) is 48.6 Å². The van der Waals surface area contributed by atoms with Gasteiger partial charge in [-0.1, -0.05) is 0 Å². The number of aromatic nitrogens is 2. The molecule has 0 saturated carbocycles. The third-order valence-corrected chi connectivity index (χ3v) is 5.09. The molecule has 1 unspecified atom stereocenters. The second kappa shape index (κ2) is 5.79. The second-order valence-corrected chi connectivity index (χ2v) is 7.68. The minimum Gasteiger partial charge on any atom is -0.398 e. The van der Waals surface area contributed by atoms with Gasteiger partial charge in [-0.3, -0.25) is 4.57 Å². The molecule has 2 aliphatic heterocycles. The molecule has 1 atom stereocenters. The molecular formula is C16H28BN3O3. The van der Waals surface area contributed by atoms with Gasteiger partial charge in [0.25, 0.3) is 0 Å². The van der Waals surface area contributed by atoms with Gasteiger partial charge in [0.1, 0.15) is 6.23 Å². The van der Waals surface area contributed by atoms with E-state index in [0.717, 1.165) is 31.0 Å². The zero-order chi connectivity index (χ0) is 16.8. The fourth-order valence-electron chi connectivity index (χ4n) is 2.97. The predicted molar refractivity (Wildman–Crippen MR) is 91.1 cm³/mol. The highest BCUT2D eigenvalue weighted by molar-refractivity contribution is 6.61. The Labute approximate surface area is 139 Å². The van der Waals surface area contributed by atoms with Gasteiger partial charge in [0, 0.05) is 26.9 Å². The number of rotatable bonds is 3. The van der Waals surface area contributed by atoms with Gasteiger partial charge in [-0.05, 0) is 47.0 Å². The monoisotopic (exact) mass is 321 g/mol. The van der Waals surface area contributed by atoms with Crippen molar-refractivity contribution < 1.29 is 14.0 Å². The highest BCUT2D eigenvalue weighted by atomic mass is 16.7. The van der Waals surface area contributed by atoms with Crippen LogP contribution in [0.1, 0.15) is 53.2 Å². The minimum absolute atomic E-state index is 0.0461. The van der Waals surface area contributed by atoms with Crippen LogP contribution in [0.25, 0.3) is 0 Å². The Balaban J connectivity index is 1.89. The van der Waals surface area contributed by atoms with E-state index in [-0.39, 0.29) is 17.4 Å². The van der Waals surface area contributed by atoms with Crippen LogP contribution in [0.3, 0.4) is 0 Å². The lowest BCUT2D eigenvalue weighted by Crippen LogP contribution is -2.41. The van der Waals surface area contributed by atoms with Gasteiger partial charge in [0.2, 0.25) is 5.95 Å². The van der Waals surface area contributed by atoms with Gasteiger partial charge in [-0.25, -0.2) is 4.98 Å². The zero-order valence-corrected chi connectivity index (χ0v) is 15.1. The summed E-state index contributed by atoms with van der Waals surface area (Å²) < 4.78 is 20.3. The van der Waals surface area contributed by atoms with Crippen molar-refractivity contribution in [2.75, 3.05) is 25.6 Å². The standard InChI is InChI=1S/C16H28BN3O3/c1-15(2)16(3,4)23-17(22-15)12-11-20(14(18-12)19(5)6)13-9-7-8-10-21-13/h11,13H,7-10H2,1-6H3. The number of nitrogens with zero attached hydrogens (tertiary/aromatic N) is 3. The molecule has 0 radical (unpaired) electrons. The van der Waals surface area contributed by atoms with Crippen molar-refractivity contribution >= 4 is 18.7 Å². The summed E-state index contributed by atoms with van der Waals surface area (Å²) >= 11 is 0. The molecular weight excluding hydrogens is 293 g/mol. The van der Waals surface area contributed by atoms with Crippen LogP contribution < -0.4 is 10.5 Å². The zero-order valence-electron chi connectivity index (χ0n) is 15.1. The lowest BCUT2D eigenvalue weighted by molar-refractivity contribution is -0.0309. The molecule has 0 bridgehead atoms. The van der Waals surface area contributed by atoms with Gasteiger partial charge in [0.15, 0.2) is 0 Å². The van der Waals surface area contributed by atoms with Crippen LogP contribution >= 0.6 is 0 Å². The molecule has 23 heavy (non-hydrogen) atoms. The first kappa shape index (κ1) is 16.8. The molecule has 6 nitrogen and oxygen atoms in total. The molecule has 0 aromatic carbocycles. The van der Waals surface area contributed by atoms with Gasteiger partial charge in [-0.2, -0.15) is 0 Å². The molecule has 1 aromatic heterocycles. The number of hydrogen-bond acceptors (Lipinski definition) is 5. The van der Waals surface area contributed by atoms with E-state index >= 15 is 0 Å². The van der Waals surface area contributed by atoms with Crippen LogP contribution in [-0.2, 0) is 14.0 Å². The molecule has 2 fully saturated rings. The topological polar surface area (TPSA) is 48.8 Å². The Hall–Kier alpha value is -1.05. The van der Waals surface area contributed by atoms with Crippen molar-refractivity contribution in [3.05, 3.63) is 6.20 Å². The Morgan fingerprint density at radius 2 is 1.83 bits per heavy atom. The van der Waals surface area contributed by atoms with Crippen molar-refractivity contribution in [3.63, 3.8) is 0 Å². The predicted octanol–water partition coefficient (Wildman–Crippen LogP) is 1.95. The maximum Gasteiger partial charge on any atom is 0.516 e. The molecule has 0 N–H and O–H groups in total. The quantitative estimate of drug-likeness (QED) is 0.797. The molecule has 7 heteroatoms. The normalized spacial score (nSPS) is 26.5. The highest BCUT2D eigenvalue weighted by Gasteiger charge is 2.53. The van der Waals surface area contributed by atoms with Gasteiger partial charge < -0.3 is 18.9 Å². The average Bonchev–Trinajstić information content (AvgIpc) is 3.00. The van der Waals surface area contributed by atoms with Crippen molar-refractivity contribution in [2.45, 2.75) is 64.4 Å². The van der Waals surface area contributed by atoms with Crippen LogP contribution in [0.5, 0.6) is 0 Å². The summed E-state index contributed by atoms with van der Waals surface area (Å²) in [6.45, 7) is 9.03. The second-order valence-electron chi connectivity index (χ2n) is 7.68. The van der Waals surface area contributed by atoms with Crippen molar-refractivity contribution in [1.29, 1.82) is 0 Å². The minimum atomic E-state index is -0.441. The Bertz CT molecular complexity index is 549. The van der Waals surface area contributed by atoms with Crippen molar-refractivity contribution in [1.82, 2.24) is 9.55 Å².